The molecule has 2 N–H and O–H groups in total. The van der Waals surface area contributed by atoms with E-state index in [1.165, 1.54) is 10.6 Å². The van der Waals surface area contributed by atoms with Crippen LogP contribution < -0.4 is 5.73 Å². The van der Waals surface area contributed by atoms with Crippen LogP contribution >= 0.6 is 0 Å². The molecular formula is C11H16N2O4. The Bertz CT molecular complexity index is 423. The van der Waals surface area contributed by atoms with Crippen LogP contribution in [0, 0.1) is 0 Å². The highest BCUT2D eigenvalue weighted by Gasteiger charge is 2.15. The highest BCUT2D eigenvalue weighted by atomic mass is 16.6. The quantitative estimate of drug-likeness (QED) is 0.784. The first-order valence-corrected chi connectivity index (χ1v) is 5.18. The normalized spacial score (nSPS) is 10.4. The third-order valence-corrected chi connectivity index (χ3v) is 1.92. The summed E-state index contributed by atoms with van der Waals surface area (Å²) in [7, 11) is 1.67. The molecule has 6 heteroatoms. The molecule has 0 amide bonds. The second-order valence-corrected chi connectivity index (χ2v) is 3.88. The van der Waals surface area contributed by atoms with Crippen molar-refractivity contribution in [1.29, 1.82) is 0 Å². The smallest absolute Gasteiger partial charge is 0.355 e. The summed E-state index contributed by atoms with van der Waals surface area (Å²) in [6, 6.07) is 1.48. The lowest BCUT2D eigenvalue weighted by Crippen LogP contribution is -2.20. The summed E-state index contributed by atoms with van der Waals surface area (Å²) in [6.07, 6.45) is 1.36. The van der Waals surface area contributed by atoms with E-state index in [9.17, 15) is 9.59 Å². The third-order valence-electron chi connectivity index (χ3n) is 1.92. The number of nitrogens with two attached hydrogens (primary N) is 1. The van der Waals surface area contributed by atoms with E-state index in [-0.39, 0.29) is 6.10 Å². The van der Waals surface area contributed by atoms with Crippen molar-refractivity contribution >= 4 is 17.6 Å². The van der Waals surface area contributed by atoms with Gasteiger partial charge in [0.2, 0.25) is 0 Å². The molecule has 6 nitrogen and oxygen atoms in total. The number of aryl methyl sites for hydroxylation is 1. The van der Waals surface area contributed by atoms with Crippen LogP contribution in [0.25, 0.3) is 0 Å². The van der Waals surface area contributed by atoms with E-state index < -0.39 is 18.5 Å². The molecule has 0 atom stereocenters. The molecule has 1 aromatic rings. The highest BCUT2D eigenvalue weighted by Crippen LogP contribution is 2.09. The van der Waals surface area contributed by atoms with Crippen LogP contribution in [-0.2, 0) is 21.3 Å². The Morgan fingerprint density at radius 3 is 2.59 bits per heavy atom. The van der Waals surface area contributed by atoms with Crippen molar-refractivity contribution in [3.05, 3.63) is 18.0 Å². The number of anilines is 1. The fourth-order valence-electron chi connectivity index (χ4n) is 1.29. The zero-order valence-electron chi connectivity index (χ0n) is 10.1. The minimum Gasteiger partial charge on any atom is -0.460 e. The van der Waals surface area contributed by atoms with Crippen molar-refractivity contribution in [2.75, 3.05) is 12.3 Å². The maximum atomic E-state index is 11.6. The maximum absolute atomic E-state index is 11.6. The Morgan fingerprint density at radius 1 is 1.47 bits per heavy atom. The highest BCUT2D eigenvalue weighted by molar-refractivity contribution is 5.90. The predicted molar refractivity (Wildman–Crippen MR) is 61.3 cm³/mol. The summed E-state index contributed by atoms with van der Waals surface area (Å²) < 4.78 is 11.2. The first-order chi connectivity index (χ1) is 7.90. The Hall–Kier alpha value is -1.98. The van der Waals surface area contributed by atoms with Crippen molar-refractivity contribution in [2.24, 2.45) is 7.05 Å². The second-order valence-electron chi connectivity index (χ2n) is 3.88. The first-order valence-electron chi connectivity index (χ1n) is 5.18. The van der Waals surface area contributed by atoms with Crippen LogP contribution in [0.2, 0.25) is 0 Å². The standard InChI is InChI=1S/C11H16N2O4/c1-7(2)17-10(14)6-16-11(15)9-4-8(12)5-13(9)3/h4-5,7H,6,12H2,1-3H3. The van der Waals surface area contributed by atoms with E-state index in [0.29, 0.717) is 11.4 Å². The summed E-state index contributed by atoms with van der Waals surface area (Å²) in [4.78, 5) is 22.7. The van der Waals surface area contributed by atoms with Gasteiger partial charge in [0.1, 0.15) is 5.69 Å². The SMILES string of the molecule is CC(C)OC(=O)COC(=O)c1cc(N)cn1C. The summed E-state index contributed by atoms with van der Waals surface area (Å²) in [5, 5.41) is 0. The topological polar surface area (TPSA) is 83.6 Å². The van der Waals surface area contributed by atoms with Gasteiger partial charge in [-0.15, -0.1) is 0 Å². The number of aromatic nitrogens is 1. The Kier molecular flexibility index (Phi) is 4.14. The van der Waals surface area contributed by atoms with E-state index >= 15 is 0 Å². The molecule has 0 unspecified atom stereocenters. The minimum atomic E-state index is -0.607. The average Bonchev–Trinajstić information content (AvgIpc) is 2.53. The number of rotatable bonds is 4. The molecule has 0 spiro atoms. The molecule has 0 aromatic carbocycles. The molecule has 0 bridgehead atoms. The van der Waals surface area contributed by atoms with Gasteiger partial charge >= 0.3 is 11.9 Å². The molecule has 1 rings (SSSR count). The summed E-state index contributed by atoms with van der Waals surface area (Å²) >= 11 is 0. The van der Waals surface area contributed by atoms with E-state index in [4.69, 9.17) is 15.2 Å². The van der Waals surface area contributed by atoms with Gasteiger partial charge in [-0.05, 0) is 19.9 Å². The fourth-order valence-corrected chi connectivity index (χ4v) is 1.29. The third kappa shape index (κ3) is 3.82. The molecule has 0 aliphatic rings. The van der Waals surface area contributed by atoms with Gasteiger partial charge in [0.05, 0.1) is 11.8 Å². The van der Waals surface area contributed by atoms with Gasteiger partial charge < -0.3 is 19.8 Å². The van der Waals surface area contributed by atoms with Crippen LogP contribution in [0.4, 0.5) is 5.69 Å². The van der Waals surface area contributed by atoms with Gasteiger partial charge in [-0.1, -0.05) is 0 Å². The second kappa shape index (κ2) is 5.38. The van der Waals surface area contributed by atoms with Crippen molar-refractivity contribution in [3.8, 4) is 0 Å². The van der Waals surface area contributed by atoms with Crippen molar-refractivity contribution in [1.82, 2.24) is 4.57 Å². The average molecular weight is 240 g/mol. The molecule has 17 heavy (non-hydrogen) atoms. The molecule has 0 aliphatic carbocycles. The van der Waals surface area contributed by atoms with E-state index in [0.717, 1.165) is 0 Å². The van der Waals surface area contributed by atoms with Crippen LogP contribution in [0.5, 0.6) is 0 Å². The number of ether oxygens (including phenoxy) is 2. The van der Waals surface area contributed by atoms with E-state index in [1.807, 2.05) is 0 Å². The predicted octanol–water partition coefficient (Wildman–Crippen LogP) is 0.716. The van der Waals surface area contributed by atoms with Crippen LogP contribution in [-0.4, -0.2) is 29.2 Å². The zero-order chi connectivity index (χ0) is 13.0. The number of hydrogen-bond acceptors (Lipinski definition) is 5. The molecular weight excluding hydrogens is 224 g/mol. The largest absolute Gasteiger partial charge is 0.460 e. The van der Waals surface area contributed by atoms with Gasteiger partial charge in [-0.25, -0.2) is 9.59 Å². The van der Waals surface area contributed by atoms with Crippen LogP contribution in [0.1, 0.15) is 24.3 Å². The fraction of sp³-hybridized carbons (Fsp3) is 0.455. The van der Waals surface area contributed by atoms with E-state index in [1.54, 1.807) is 27.1 Å². The number of carbonyl (C=O) groups is 2. The van der Waals surface area contributed by atoms with Gasteiger partial charge in [0.25, 0.3) is 0 Å². The number of nitrogen functional groups attached to an aromatic ring is 1. The Labute approximate surface area is 99.3 Å². The molecule has 0 saturated carbocycles. The van der Waals surface area contributed by atoms with Gasteiger partial charge in [0, 0.05) is 13.2 Å². The van der Waals surface area contributed by atoms with Crippen molar-refractivity contribution in [3.63, 3.8) is 0 Å². The summed E-state index contributed by atoms with van der Waals surface area (Å²) in [5.41, 5.74) is 6.27. The van der Waals surface area contributed by atoms with E-state index in [2.05, 4.69) is 0 Å². The maximum Gasteiger partial charge on any atom is 0.355 e. The lowest BCUT2D eigenvalue weighted by Gasteiger charge is -2.08. The number of nitrogens with zero attached hydrogens (tertiary/aromatic N) is 1. The molecule has 94 valence electrons. The molecule has 1 aromatic heterocycles. The Balaban J connectivity index is 2.50. The first kappa shape index (κ1) is 13.1. The number of esters is 2. The van der Waals surface area contributed by atoms with Gasteiger partial charge in [-0.2, -0.15) is 0 Å². The zero-order valence-corrected chi connectivity index (χ0v) is 10.1. The van der Waals surface area contributed by atoms with Crippen LogP contribution in [0.3, 0.4) is 0 Å². The summed E-state index contributed by atoms with van der Waals surface area (Å²) in [5.74, 6) is -1.18. The van der Waals surface area contributed by atoms with Gasteiger partial charge in [0.15, 0.2) is 6.61 Å². The molecule has 0 fully saturated rings. The molecule has 0 saturated heterocycles. The van der Waals surface area contributed by atoms with Crippen molar-refractivity contribution < 1.29 is 19.1 Å². The molecule has 1 heterocycles. The lowest BCUT2D eigenvalue weighted by atomic mass is 10.4. The summed E-state index contributed by atoms with van der Waals surface area (Å²) in [6.45, 7) is 3.04. The Morgan fingerprint density at radius 2 is 2.12 bits per heavy atom. The minimum absolute atomic E-state index is 0.230. The molecule has 0 radical (unpaired) electrons. The lowest BCUT2D eigenvalue weighted by molar-refractivity contribution is -0.151. The number of carbonyl (C=O) groups excluding carboxylic acids is 2. The van der Waals surface area contributed by atoms with Crippen molar-refractivity contribution in [2.45, 2.75) is 20.0 Å². The molecule has 0 aliphatic heterocycles. The monoisotopic (exact) mass is 240 g/mol. The number of hydrogen-bond donors (Lipinski definition) is 1. The van der Waals surface area contributed by atoms with Crippen LogP contribution in [0.15, 0.2) is 12.3 Å². The van der Waals surface area contributed by atoms with Gasteiger partial charge in [-0.3, -0.25) is 0 Å².